The zero-order valence-corrected chi connectivity index (χ0v) is 28.1. The van der Waals surface area contributed by atoms with Gasteiger partial charge >= 0.3 is 23.9 Å². The molecule has 0 saturated heterocycles. The van der Waals surface area contributed by atoms with Crippen molar-refractivity contribution >= 4 is 80.9 Å². The fraction of sp³-hybridized carbons (Fsp3) is 0.538. The molecule has 0 aromatic heterocycles. The predicted octanol–water partition coefficient (Wildman–Crippen LogP) is 1.56. The zero-order valence-electron chi connectivity index (χ0n) is 23.8. The van der Waals surface area contributed by atoms with Crippen molar-refractivity contribution in [1.29, 1.82) is 0 Å². The van der Waals surface area contributed by atoms with Gasteiger partial charge in [0.1, 0.15) is 37.7 Å². The highest BCUT2D eigenvalue weighted by molar-refractivity contribution is 14.1. The first-order valence-electron chi connectivity index (χ1n) is 12.9. The van der Waals surface area contributed by atoms with Crippen LogP contribution in [0.1, 0.15) is 27.7 Å². The number of nitrogens with zero attached hydrogens (tertiary/aromatic N) is 2. The van der Waals surface area contributed by atoms with E-state index in [1.807, 2.05) is 45.2 Å². The number of ether oxygens (including phenoxy) is 6. The van der Waals surface area contributed by atoms with E-state index < -0.39 is 75.1 Å². The van der Waals surface area contributed by atoms with Crippen LogP contribution in [-0.4, -0.2) is 111 Å². The predicted molar refractivity (Wildman–Crippen MR) is 163 cm³/mol. The maximum Gasteiger partial charge on any atom is 0.325 e. The minimum Gasteiger partial charge on any atom is -0.483 e. The van der Waals surface area contributed by atoms with Crippen LogP contribution in [0.25, 0.3) is 0 Å². The van der Waals surface area contributed by atoms with E-state index in [1.165, 1.54) is 0 Å². The summed E-state index contributed by atoms with van der Waals surface area (Å²) in [5.41, 5.74) is 0. The second kappa shape index (κ2) is 20.1. The Kier molecular flexibility index (Phi) is 17.8. The van der Waals surface area contributed by atoms with Crippen LogP contribution in [0.15, 0.2) is 12.1 Å². The quantitative estimate of drug-likeness (QED) is 0.120. The van der Waals surface area contributed by atoms with Gasteiger partial charge < -0.3 is 38.2 Å². The SMILES string of the molecule is CCOC(=O)CN(CC(=O)OCC)C(=O)COc1cc(I)c(OCC(=O)N(CC(=O)OCC)CC(=O)OCC)cc1I. The van der Waals surface area contributed by atoms with Crippen LogP contribution < -0.4 is 9.47 Å². The number of carbonyl (C=O) groups excluding carboxylic acids is 6. The Morgan fingerprint density at radius 1 is 0.548 bits per heavy atom. The number of hydrogen-bond acceptors (Lipinski definition) is 12. The second-order valence-electron chi connectivity index (χ2n) is 8.01. The summed E-state index contributed by atoms with van der Waals surface area (Å²) >= 11 is 3.90. The van der Waals surface area contributed by atoms with E-state index in [2.05, 4.69) is 0 Å². The molecule has 14 nitrogen and oxygen atoms in total. The number of benzene rings is 1. The number of halogens is 2. The van der Waals surface area contributed by atoms with Crippen molar-refractivity contribution in [2.75, 3.05) is 65.8 Å². The van der Waals surface area contributed by atoms with E-state index in [4.69, 9.17) is 28.4 Å². The summed E-state index contributed by atoms with van der Waals surface area (Å²) in [7, 11) is 0. The summed E-state index contributed by atoms with van der Waals surface area (Å²) < 4.78 is 31.9. The Labute approximate surface area is 270 Å². The fourth-order valence-electron chi connectivity index (χ4n) is 3.11. The van der Waals surface area contributed by atoms with Crippen LogP contribution in [0.5, 0.6) is 11.5 Å². The van der Waals surface area contributed by atoms with Crippen LogP contribution in [-0.2, 0) is 47.7 Å². The van der Waals surface area contributed by atoms with Gasteiger partial charge in [-0.3, -0.25) is 28.8 Å². The number of amides is 2. The highest BCUT2D eigenvalue weighted by Gasteiger charge is 2.24. The average molecular weight is 820 g/mol. The Morgan fingerprint density at radius 2 is 0.810 bits per heavy atom. The number of carbonyl (C=O) groups is 6. The summed E-state index contributed by atoms with van der Waals surface area (Å²) in [6, 6.07) is 3.15. The molecule has 0 N–H and O–H groups in total. The molecular weight excluding hydrogens is 786 g/mol. The minimum absolute atomic E-state index is 0.113. The lowest BCUT2D eigenvalue weighted by Gasteiger charge is -2.22. The standard InChI is InChI=1S/C26H34I2N2O12/c1-5-37-23(33)11-29(12-24(34)38-6-2)21(31)15-41-19-9-18(28)20(10-17(19)27)42-16-22(32)30(13-25(35)39-7-3)14-26(36)40-8-4/h9-10H,5-8,11-16H2,1-4H3. The summed E-state index contributed by atoms with van der Waals surface area (Å²) in [5, 5.41) is 0. The van der Waals surface area contributed by atoms with Gasteiger partial charge in [-0.1, -0.05) is 0 Å². The zero-order chi connectivity index (χ0) is 31.7. The molecule has 0 bridgehead atoms. The van der Waals surface area contributed by atoms with Gasteiger partial charge in [0.15, 0.2) is 13.2 Å². The van der Waals surface area contributed by atoms with Gasteiger partial charge in [-0.25, -0.2) is 0 Å². The molecule has 0 aliphatic heterocycles. The van der Waals surface area contributed by atoms with Crippen LogP contribution in [0.3, 0.4) is 0 Å². The molecule has 0 radical (unpaired) electrons. The van der Waals surface area contributed by atoms with Gasteiger partial charge in [0.2, 0.25) is 0 Å². The average Bonchev–Trinajstić information content (AvgIpc) is 2.92. The van der Waals surface area contributed by atoms with Crippen molar-refractivity contribution < 1.29 is 57.2 Å². The van der Waals surface area contributed by atoms with E-state index in [-0.39, 0.29) is 26.4 Å². The van der Waals surface area contributed by atoms with Crippen molar-refractivity contribution in [3.05, 3.63) is 19.3 Å². The van der Waals surface area contributed by atoms with Crippen LogP contribution >= 0.6 is 45.2 Å². The van der Waals surface area contributed by atoms with Crippen molar-refractivity contribution in [3.8, 4) is 11.5 Å². The Balaban J connectivity index is 2.91. The summed E-state index contributed by atoms with van der Waals surface area (Å²) in [6.07, 6.45) is 0. The first-order chi connectivity index (χ1) is 19.9. The molecule has 0 unspecified atom stereocenters. The molecule has 0 fully saturated rings. The first-order valence-corrected chi connectivity index (χ1v) is 15.0. The molecule has 42 heavy (non-hydrogen) atoms. The topological polar surface area (TPSA) is 164 Å². The molecule has 0 saturated carbocycles. The first kappa shape index (κ1) is 37.1. The lowest BCUT2D eigenvalue weighted by atomic mass is 10.3. The third kappa shape index (κ3) is 13.8. The molecule has 0 aliphatic carbocycles. The maximum atomic E-state index is 12.8. The van der Waals surface area contributed by atoms with E-state index in [0.717, 1.165) is 9.80 Å². The lowest BCUT2D eigenvalue weighted by molar-refractivity contribution is -0.155. The Morgan fingerprint density at radius 3 is 1.05 bits per heavy atom. The van der Waals surface area contributed by atoms with Gasteiger partial charge in [0.25, 0.3) is 11.8 Å². The van der Waals surface area contributed by atoms with Gasteiger partial charge in [-0.15, -0.1) is 0 Å². The fourth-order valence-corrected chi connectivity index (χ4v) is 4.30. The Hall–Kier alpha value is -2.90. The summed E-state index contributed by atoms with van der Waals surface area (Å²) in [5.74, 6) is -3.39. The molecule has 0 atom stereocenters. The van der Waals surface area contributed by atoms with E-state index in [9.17, 15) is 28.8 Å². The van der Waals surface area contributed by atoms with Crippen LogP contribution in [0, 0.1) is 7.14 Å². The molecule has 1 aromatic carbocycles. The van der Waals surface area contributed by atoms with Crippen molar-refractivity contribution in [1.82, 2.24) is 9.80 Å². The highest BCUT2D eigenvalue weighted by atomic mass is 127. The normalized spacial score (nSPS) is 10.2. The van der Waals surface area contributed by atoms with Gasteiger partial charge in [-0.05, 0) is 85.0 Å². The third-order valence-corrected chi connectivity index (χ3v) is 6.58. The summed E-state index contributed by atoms with van der Waals surface area (Å²) in [4.78, 5) is 75.2. The van der Waals surface area contributed by atoms with Gasteiger partial charge in [-0.2, -0.15) is 0 Å². The molecule has 1 aromatic rings. The van der Waals surface area contributed by atoms with Crippen LogP contribution in [0.2, 0.25) is 0 Å². The van der Waals surface area contributed by atoms with E-state index >= 15 is 0 Å². The molecular formula is C26H34I2N2O12. The molecule has 1 rings (SSSR count). The largest absolute Gasteiger partial charge is 0.483 e. The Bertz CT molecular complexity index is 989. The van der Waals surface area contributed by atoms with Gasteiger partial charge in [0.05, 0.1) is 33.6 Å². The molecule has 16 heteroatoms. The van der Waals surface area contributed by atoms with E-state index in [1.54, 1.807) is 39.8 Å². The number of hydrogen-bond donors (Lipinski definition) is 0. The molecule has 234 valence electrons. The van der Waals surface area contributed by atoms with Crippen molar-refractivity contribution in [3.63, 3.8) is 0 Å². The summed E-state index contributed by atoms with van der Waals surface area (Å²) in [6.45, 7) is 4.16. The minimum atomic E-state index is -0.682. The molecule has 0 spiro atoms. The van der Waals surface area contributed by atoms with Crippen molar-refractivity contribution in [2.45, 2.75) is 27.7 Å². The maximum absolute atomic E-state index is 12.8. The molecule has 0 heterocycles. The van der Waals surface area contributed by atoms with E-state index in [0.29, 0.717) is 18.6 Å². The monoisotopic (exact) mass is 820 g/mol. The second-order valence-corrected chi connectivity index (χ2v) is 10.3. The van der Waals surface area contributed by atoms with Gasteiger partial charge in [0, 0.05) is 0 Å². The molecule has 2 amide bonds. The van der Waals surface area contributed by atoms with Crippen LogP contribution in [0.4, 0.5) is 0 Å². The molecule has 0 aliphatic rings. The van der Waals surface area contributed by atoms with Crippen molar-refractivity contribution in [2.24, 2.45) is 0 Å². The number of esters is 4. The lowest BCUT2D eigenvalue weighted by Crippen LogP contribution is -2.43. The number of rotatable bonds is 18. The third-order valence-electron chi connectivity index (χ3n) is 4.90. The smallest absolute Gasteiger partial charge is 0.325 e. The highest BCUT2D eigenvalue weighted by Crippen LogP contribution is 2.31.